The van der Waals surface area contributed by atoms with E-state index in [-0.39, 0.29) is 23.8 Å². The van der Waals surface area contributed by atoms with Gasteiger partial charge in [0.1, 0.15) is 11.5 Å². The number of anilines is 1. The highest BCUT2D eigenvalue weighted by atomic mass is 32.2. The Morgan fingerprint density at radius 1 is 1.09 bits per heavy atom. The van der Waals surface area contributed by atoms with Gasteiger partial charge in [0.15, 0.2) is 17.1 Å². The van der Waals surface area contributed by atoms with Crippen molar-refractivity contribution in [3.63, 3.8) is 0 Å². The minimum Gasteiger partial charge on any atom is -0.497 e. The number of nitrogens with zero attached hydrogens (tertiary/aromatic N) is 3. The molecule has 8 heteroatoms. The van der Waals surface area contributed by atoms with Crippen LogP contribution in [0.5, 0.6) is 11.5 Å². The van der Waals surface area contributed by atoms with Crippen molar-refractivity contribution in [2.75, 3.05) is 18.2 Å². The average Bonchev–Trinajstić information content (AvgIpc) is 3.19. The monoisotopic (exact) mass is 454 g/mol. The van der Waals surface area contributed by atoms with Crippen molar-refractivity contribution in [1.29, 1.82) is 0 Å². The Kier molecular flexibility index (Phi) is 7.80. The number of benzene rings is 2. The summed E-state index contributed by atoms with van der Waals surface area (Å²) in [6.07, 6.45) is -0.324. The molecule has 170 valence electrons. The highest BCUT2D eigenvalue weighted by Crippen LogP contribution is 2.29. The molecule has 0 spiro atoms. The van der Waals surface area contributed by atoms with Crippen LogP contribution in [0.25, 0.3) is 0 Å². The molecule has 0 saturated heterocycles. The molecule has 2 aromatic carbocycles. The molecule has 1 amide bonds. The number of aryl methyl sites for hydroxylation is 2. The zero-order valence-electron chi connectivity index (χ0n) is 19.4. The Bertz CT molecular complexity index is 1080. The van der Waals surface area contributed by atoms with Gasteiger partial charge in [0.05, 0.1) is 12.9 Å². The van der Waals surface area contributed by atoms with E-state index in [1.54, 1.807) is 7.11 Å². The number of amides is 1. The summed E-state index contributed by atoms with van der Waals surface area (Å²) in [6, 6.07) is 13.5. The van der Waals surface area contributed by atoms with Crippen molar-refractivity contribution in [2.45, 2.75) is 51.9 Å². The Balaban J connectivity index is 1.69. The molecule has 1 unspecified atom stereocenters. The lowest BCUT2D eigenvalue weighted by atomic mass is 10.1. The zero-order valence-corrected chi connectivity index (χ0v) is 20.2. The van der Waals surface area contributed by atoms with Crippen LogP contribution in [0.15, 0.2) is 47.6 Å². The first-order valence-corrected chi connectivity index (χ1v) is 11.5. The number of carbonyl (C=O) groups excluding carboxylic acids is 1. The topological polar surface area (TPSA) is 78.3 Å². The van der Waals surface area contributed by atoms with Gasteiger partial charge >= 0.3 is 0 Å². The smallest absolute Gasteiger partial charge is 0.234 e. The van der Waals surface area contributed by atoms with Crippen molar-refractivity contribution in [1.82, 2.24) is 14.8 Å². The number of hydrogen-bond acceptors (Lipinski definition) is 6. The van der Waals surface area contributed by atoms with E-state index < -0.39 is 0 Å². The average molecular weight is 455 g/mol. The summed E-state index contributed by atoms with van der Waals surface area (Å²) in [7, 11) is 1.62. The molecule has 0 aliphatic rings. The third-order valence-electron chi connectivity index (χ3n) is 4.91. The quantitative estimate of drug-likeness (QED) is 0.439. The first kappa shape index (κ1) is 23.7. The van der Waals surface area contributed by atoms with E-state index in [1.165, 1.54) is 11.8 Å². The van der Waals surface area contributed by atoms with Crippen LogP contribution in [-0.2, 0) is 4.79 Å². The number of hydrogen-bond donors (Lipinski definition) is 1. The molecule has 1 aromatic heterocycles. The van der Waals surface area contributed by atoms with Crippen LogP contribution in [-0.4, -0.2) is 33.5 Å². The summed E-state index contributed by atoms with van der Waals surface area (Å²) in [6.45, 7) is 10.1. The van der Waals surface area contributed by atoms with Crippen molar-refractivity contribution >= 4 is 23.4 Å². The lowest BCUT2D eigenvalue weighted by molar-refractivity contribution is -0.113. The minimum absolute atomic E-state index is 0.0810. The van der Waals surface area contributed by atoms with Crippen molar-refractivity contribution in [3.8, 4) is 11.5 Å². The predicted octanol–water partition coefficient (Wildman–Crippen LogP) is 5.36. The Morgan fingerprint density at radius 2 is 1.84 bits per heavy atom. The lowest BCUT2D eigenvalue weighted by Crippen LogP contribution is -2.17. The van der Waals surface area contributed by atoms with Gasteiger partial charge in [-0.1, -0.05) is 35.5 Å². The molecule has 7 nitrogen and oxygen atoms in total. The molecule has 32 heavy (non-hydrogen) atoms. The van der Waals surface area contributed by atoms with E-state index in [2.05, 4.69) is 29.4 Å². The fraction of sp³-hybridized carbons (Fsp3) is 0.375. The summed E-state index contributed by atoms with van der Waals surface area (Å²) in [5.74, 6) is 2.29. The molecule has 0 bridgehead atoms. The first-order valence-electron chi connectivity index (χ1n) is 10.5. The van der Waals surface area contributed by atoms with Gasteiger partial charge in [-0.25, -0.2) is 0 Å². The fourth-order valence-corrected chi connectivity index (χ4v) is 4.23. The Morgan fingerprint density at radius 3 is 2.53 bits per heavy atom. The molecule has 3 aromatic rings. The van der Waals surface area contributed by atoms with Gasteiger partial charge < -0.3 is 19.4 Å². The van der Waals surface area contributed by atoms with Crippen LogP contribution in [0.3, 0.4) is 0 Å². The molecule has 3 rings (SSSR count). The highest BCUT2D eigenvalue weighted by Gasteiger charge is 2.22. The third kappa shape index (κ3) is 5.82. The van der Waals surface area contributed by atoms with Gasteiger partial charge in [-0.2, -0.15) is 0 Å². The summed E-state index contributed by atoms with van der Waals surface area (Å²) >= 11 is 1.36. The molecule has 0 aliphatic heterocycles. The number of aromatic nitrogens is 3. The fourth-order valence-electron chi connectivity index (χ4n) is 3.35. The van der Waals surface area contributed by atoms with Crippen LogP contribution in [0.2, 0.25) is 0 Å². The molecule has 0 fully saturated rings. The van der Waals surface area contributed by atoms with Gasteiger partial charge in [-0.15, -0.1) is 10.2 Å². The minimum atomic E-state index is -0.324. The van der Waals surface area contributed by atoms with Crippen LogP contribution in [0, 0.1) is 13.8 Å². The second-order valence-corrected chi connectivity index (χ2v) is 8.84. The van der Waals surface area contributed by atoms with E-state index >= 15 is 0 Å². The molecule has 1 atom stereocenters. The number of thioether (sulfide) groups is 1. The summed E-state index contributed by atoms with van der Waals surface area (Å²) in [4.78, 5) is 12.5. The third-order valence-corrected chi connectivity index (χ3v) is 5.86. The van der Waals surface area contributed by atoms with E-state index in [1.807, 2.05) is 67.8 Å². The lowest BCUT2D eigenvalue weighted by Gasteiger charge is -2.19. The Labute approximate surface area is 193 Å². The van der Waals surface area contributed by atoms with Gasteiger partial charge in [-0.05, 0) is 58.4 Å². The van der Waals surface area contributed by atoms with E-state index in [4.69, 9.17) is 9.47 Å². The summed E-state index contributed by atoms with van der Waals surface area (Å²) in [5.41, 5.74) is 3.03. The normalized spacial score (nSPS) is 12.0. The zero-order chi connectivity index (χ0) is 23.3. The van der Waals surface area contributed by atoms with E-state index in [0.29, 0.717) is 16.7 Å². The molecular formula is C24H30N4O3S. The second-order valence-electron chi connectivity index (χ2n) is 7.90. The molecule has 1 heterocycles. The number of methoxy groups -OCH3 is 1. The first-order chi connectivity index (χ1) is 15.3. The molecule has 1 N–H and O–H groups in total. The number of ether oxygens (including phenoxy) is 2. The Hall–Kier alpha value is -3.00. The maximum absolute atomic E-state index is 12.5. The van der Waals surface area contributed by atoms with Gasteiger partial charge in [0.25, 0.3) is 0 Å². The summed E-state index contributed by atoms with van der Waals surface area (Å²) in [5, 5.41) is 12.4. The standard InChI is InChI=1S/C24H30N4O3S/c1-15(2)28-23(18(5)31-20-9-7-8-19(13-20)30-6)26-27-24(28)32-14-22(29)25-21-11-10-16(3)12-17(21)4/h7-13,15,18H,14H2,1-6H3,(H,25,29). The molecule has 0 saturated carbocycles. The second kappa shape index (κ2) is 10.5. The highest BCUT2D eigenvalue weighted by molar-refractivity contribution is 7.99. The molecular weight excluding hydrogens is 424 g/mol. The van der Waals surface area contributed by atoms with Crippen LogP contribution in [0.1, 0.15) is 49.9 Å². The number of nitrogens with one attached hydrogen (secondary N) is 1. The number of carbonyl (C=O) groups is 1. The van der Waals surface area contributed by atoms with Gasteiger partial charge in [0.2, 0.25) is 5.91 Å². The van der Waals surface area contributed by atoms with Crippen molar-refractivity contribution in [3.05, 3.63) is 59.4 Å². The van der Waals surface area contributed by atoms with Crippen LogP contribution in [0.4, 0.5) is 5.69 Å². The SMILES string of the molecule is COc1cccc(OC(C)c2nnc(SCC(=O)Nc3ccc(C)cc3C)n2C(C)C)c1. The van der Waals surface area contributed by atoms with Crippen LogP contribution >= 0.6 is 11.8 Å². The number of rotatable bonds is 9. The van der Waals surface area contributed by atoms with Crippen molar-refractivity contribution < 1.29 is 14.3 Å². The maximum Gasteiger partial charge on any atom is 0.234 e. The van der Waals surface area contributed by atoms with Gasteiger partial charge in [-0.3, -0.25) is 4.79 Å². The molecule has 0 aliphatic carbocycles. The predicted molar refractivity (Wildman–Crippen MR) is 128 cm³/mol. The van der Waals surface area contributed by atoms with E-state index in [0.717, 1.165) is 22.6 Å². The molecule has 0 radical (unpaired) electrons. The maximum atomic E-state index is 12.5. The van der Waals surface area contributed by atoms with Crippen molar-refractivity contribution in [2.24, 2.45) is 0 Å². The van der Waals surface area contributed by atoms with E-state index in [9.17, 15) is 4.79 Å². The van der Waals surface area contributed by atoms with Gasteiger partial charge in [0, 0.05) is 17.8 Å². The summed E-state index contributed by atoms with van der Waals surface area (Å²) < 4.78 is 13.4. The van der Waals surface area contributed by atoms with Crippen LogP contribution < -0.4 is 14.8 Å². The largest absolute Gasteiger partial charge is 0.497 e.